The summed E-state index contributed by atoms with van der Waals surface area (Å²) < 4.78 is 7.54. The number of halogens is 2. The van der Waals surface area contributed by atoms with Crippen LogP contribution in [0.15, 0.2) is 41.3 Å². The van der Waals surface area contributed by atoms with Crippen molar-refractivity contribution in [3.05, 3.63) is 69.5 Å². The van der Waals surface area contributed by atoms with E-state index < -0.39 is 0 Å². The summed E-state index contributed by atoms with van der Waals surface area (Å²) in [6.07, 6.45) is 2.18. The molecule has 1 aliphatic heterocycles. The summed E-state index contributed by atoms with van der Waals surface area (Å²) in [5.41, 5.74) is 2.38. The Morgan fingerprint density at radius 2 is 2.04 bits per heavy atom. The predicted molar refractivity (Wildman–Crippen MR) is 108 cm³/mol. The molecule has 0 atom stereocenters. The average Bonchev–Trinajstić information content (AvgIpc) is 2.58. The van der Waals surface area contributed by atoms with Gasteiger partial charge in [0, 0.05) is 41.8 Å². The van der Waals surface area contributed by atoms with Gasteiger partial charge < -0.3 is 9.40 Å². The van der Waals surface area contributed by atoms with Gasteiger partial charge in [0.05, 0.1) is 21.7 Å². The van der Waals surface area contributed by atoms with Gasteiger partial charge in [0.1, 0.15) is 0 Å². The first-order valence-corrected chi connectivity index (χ1v) is 9.88. The maximum absolute atomic E-state index is 12.8. The molecular weight excluding hydrogens is 486 g/mol. The van der Waals surface area contributed by atoms with Crippen LogP contribution in [-0.2, 0) is 19.5 Å². The van der Waals surface area contributed by atoms with Crippen LogP contribution in [0.5, 0.6) is 0 Å². The van der Waals surface area contributed by atoms with Crippen molar-refractivity contribution in [1.82, 2.24) is 14.9 Å². The van der Waals surface area contributed by atoms with Crippen molar-refractivity contribution in [2.75, 3.05) is 6.54 Å². The number of rotatable bonds is 2. The highest BCUT2D eigenvalue weighted by Crippen LogP contribution is 2.27. The molecule has 0 unspecified atom stereocenters. The number of benzene rings is 1. The van der Waals surface area contributed by atoms with Crippen molar-refractivity contribution >= 4 is 55.0 Å². The number of fused-ring (bicyclic) bond motifs is 2. The van der Waals surface area contributed by atoms with Gasteiger partial charge in [-0.15, -0.1) is 0 Å². The van der Waals surface area contributed by atoms with Gasteiger partial charge in [-0.25, -0.2) is 0 Å². The molecule has 0 fully saturated rings. The fraction of sp³-hybridized carbons (Fsp3) is 0.235. The van der Waals surface area contributed by atoms with Crippen molar-refractivity contribution in [3.63, 3.8) is 0 Å². The Balaban J connectivity index is 1.68. The summed E-state index contributed by atoms with van der Waals surface area (Å²) in [5.74, 6) is 0. The third kappa shape index (κ3) is 3.24. The summed E-state index contributed by atoms with van der Waals surface area (Å²) in [7, 11) is 0. The molecule has 0 spiro atoms. The van der Waals surface area contributed by atoms with E-state index in [0.717, 1.165) is 21.2 Å². The molecule has 0 amide bonds. The lowest BCUT2D eigenvalue weighted by molar-refractivity contribution is 0.239. The summed E-state index contributed by atoms with van der Waals surface area (Å²) in [4.78, 5) is 32.7. The van der Waals surface area contributed by atoms with E-state index in [0.29, 0.717) is 46.4 Å². The van der Waals surface area contributed by atoms with E-state index in [9.17, 15) is 9.59 Å². The second-order valence-corrected chi connectivity index (χ2v) is 8.36. The third-order valence-electron chi connectivity index (χ3n) is 4.45. The van der Waals surface area contributed by atoms with Crippen LogP contribution in [0.3, 0.4) is 0 Å². The highest BCUT2D eigenvalue weighted by molar-refractivity contribution is 9.11. The van der Waals surface area contributed by atoms with Crippen molar-refractivity contribution in [2.24, 2.45) is 0 Å². The first-order chi connectivity index (χ1) is 12.4. The predicted octanol–water partition coefficient (Wildman–Crippen LogP) is 3.62. The summed E-state index contributed by atoms with van der Waals surface area (Å²) in [6, 6.07) is 3.59. The zero-order chi connectivity index (χ0) is 18.4. The van der Waals surface area contributed by atoms with Crippen LogP contribution in [0.25, 0.3) is 11.0 Å². The van der Waals surface area contributed by atoms with Crippen LogP contribution in [-0.4, -0.2) is 21.4 Å². The van der Waals surface area contributed by atoms with E-state index in [1.54, 1.807) is 6.07 Å². The van der Waals surface area contributed by atoms with E-state index in [4.69, 9.17) is 16.6 Å². The first-order valence-electron chi connectivity index (χ1n) is 7.88. The quantitative estimate of drug-likeness (QED) is 0.527. The smallest absolute Gasteiger partial charge is 0.256 e. The van der Waals surface area contributed by atoms with Crippen LogP contribution in [0.4, 0.5) is 0 Å². The largest absolute Gasteiger partial charge is 0.463 e. The average molecular weight is 499 g/mol. The number of hydrogen-bond acceptors (Lipinski definition) is 5. The fourth-order valence-corrected chi connectivity index (χ4v) is 4.74. The summed E-state index contributed by atoms with van der Waals surface area (Å²) in [5, 5.41) is 0.517. The summed E-state index contributed by atoms with van der Waals surface area (Å²) in [6.45, 7) is 1.59. The monoisotopic (exact) mass is 497 g/mol. The van der Waals surface area contributed by atoms with Crippen LogP contribution in [0, 0.1) is 4.77 Å². The maximum atomic E-state index is 12.8. The molecule has 4 rings (SSSR count). The van der Waals surface area contributed by atoms with E-state index in [-0.39, 0.29) is 11.0 Å². The van der Waals surface area contributed by atoms with Crippen molar-refractivity contribution < 1.29 is 4.42 Å². The number of nitrogens with one attached hydrogen (secondary N) is 2. The minimum absolute atomic E-state index is 0.0691. The fourth-order valence-electron chi connectivity index (χ4n) is 3.20. The van der Waals surface area contributed by atoms with E-state index in [2.05, 4.69) is 46.7 Å². The number of aromatic amines is 2. The number of nitrogens with zero attached hydrogens (tertiary/aromatic N) is 1. The Labute approximate surface area is 169 Å². The van der Waals surface area contributed by atoms with Gasteiger partial charge >= 0.3 is 0 Å². The number of aromatic nitrogens is 2. The van der Waals surface area contributed by atoms with Crippen molar-refractivity contribution in [1.29, 1.82) is 0 Å². The minimum atomic E-state index is -0.174. The van der Waals surface area contributed by atoms with Crippen molar-refractivity contribution in [3.8, 4) is 0 Å². The van der Waals surface area contributed by atoms with E-state index in [1.165, 1.54) is 6.26 Å². The van der Waals surface area contributed by atoms with Gasteiger partial charge in [-0.05, 0) is 40.3 Å². The molecule has 1 aromatic carbocycles. The Hall–Kier alpha value is -1.55. The van der Waals surface area contributed by atoms with Crippen LogP contribution >= 0.6 is 44.1 Å². The lowest BCUT2D eigenvalue weighted by Gasteiger charge is -2.27. The standard InChI is InChI=1S/C17H13Br2N3O3S/c18-9-3-10-14(23)8(7-25-15(10)12(19)4-9)5-22-2-1-13-11(6-22)16(24)21-17(26)20-13/h3-4,7H,1-2,5-6H2,(H2,20,21,24,26). The Morgan fingerprint density at radius 1 is 1.23 bits per heavy atom. The molecule has 0 saturated heterocycles. The maximum Gasteiger partial charge on any atom is 0.256 e. The SMILES string of the molecule is O=c1[nH]c(=S)[nH]c2c1CN(Cc1coc3c(Br)cc(Br)cc3c1=O)CC2. The van der Waals surface area contributed by atoms with Crippen LogP contribution < -0.4 is 11.0 Å². The topological polar surface area (TPSA) is 82.1 Å². The molecule has 9 heteroatoms. The van der Waals surface area contributed by atoms with E-state index >= 15 is 0 Å². The van der Waals surface area contributed by atoms with Gasteiger partial charge in [0.15, 0.2) is 15.8 Å². The van der Waals surface area contributed by atoms with Gasteiger partial charge in [-0.1, -0.05) is 15.9 Å². The normalized spacial score (nSPS) is 14.5. The Kier molecular flexibility index (Phi) is 4.72. The van der Waals surface area contributed by atoms with Gasteiger partial charge in [-0.3, -0.25) is 19.5 Å². The molecule has 0 radical (unpaired) electrons. The third-order valence-corrected chi connectivity index (χ3v) is 5.70. The second kappa shape index (κ2) is 6.88. The molecule has 6 nitrogen and oxygen atoms in total. The van der Waals surface area contributed by atoms with Gasteiger partial charge in [0.2, 0.25) is 0 Å². The molecule has 0 aliphatic carbocycles. The van der Waals surface area contributed by atoms with Gasteiger partial charge in [0.25, 0.3) is 5.56 Å². The lowest BCUT2D eigenvalue weighted by Crippen LogP contribution is -2.36. The van der Waals surface area contributed by atoms with Crippen LogP contribution in [0.1, 0.15) is 16.8 Å². The highest BCUT2D eigenvalue weighted by Gasteiger charge is 2.21. The zero-order valence-corrected chi connectivity index (χ0v) is 17.4. The Morgan fingerprint density at radius 3 is 2.85 bits per heavy atom. The Bertz CT molecular complexity index is 1200. The molecule has 134 valence electrons. The van der Waals surface area contributed by atoms with Crippen molar-refractivity contribution in [2.45, 2.75) is 19.5 Å². The first kappa shape index (κ1) is 17.8. The molecule has 0 saturated carbocycles. The molecule has 2 N–H and O–H groups in total. The molecule has 1 aliphatic rings. The molecule has 3 aromatic rings. The number of H-pyrrole nitrogens is 2. The molecule has 2 aromatic heterocycles. The molecule has 0 bridgehead atoms. The molecule has 26 heavy (non-hydrogen) atoms. The summed E-state index contributed by atoms with van der Waals surface area (Å²) >= 11 is 11.8. The van der Waals surface area contributed by atoms with Crippen LogP contribution in [0.2, 0.25) is 0 Å². The van der Waals surface area contributed by atoms with E-state index in [1.807, 2.05) is 6.07 Å². The van der Waals surface area contributed by atoms with Gasteiger partial charge in [-0.2, -0.15) is 0 Å². The lowest BCUT2D eigenvalue weighted by atomic mass is 10.1. The zero-order valence-electron chi connectivity index (χ0n) is 13.4. The molecular formula is C17H13Br2N3O3S. The number of hydrogen-bond donors (Lipinski definition) is 2. The second-order valence-electron chi connectivity index (χ2n) is 6.18. The highest BCUT2D eigenvalue weighted by atomic mass is 79.9. The minimum Gasteiger partial charge on any atom is -0.463 e. The molecule has 3 heterocycles.